The van der Waals surface area contributed by atoms with E-state index < -0.39 is 10.2 Å². The molecule has 1 N–H and O–H groups in total. The van der Waals surface area contributed by atoms with Crippen LogP contribution in [0.5, 0.6) is 0 Å². The Morgan fingerprint density at radius 3 is 2.16 bits per heavy atom. The summed E-state index contributed by atoms with van der Waals surface area (Å²) in [5, 5.41) is 0. The molecule has 0 bridgehead atoms. The number of rotatable bonds is 3. The summed E-state index contributed by atoms with van der Waals surface area (Å²) >= 11 is 5.16. The van der Waals surface area contributed by atoms with Gasteiger partial charge in [0, 0.05) is 45.5 Å². The molecule has 0 unspecified atom stereocenters. The SMILES string of the molecule is O=C(c1ccc[nH]c1=S)N1CCN(S(=O)(=O)N2CCCCCC2)CC1. The molecule has 2 saturated heterocycles. The molecule has 2 fully saturated rings. The fourth-order valence-electron chi connectivity index (χ4n) is 3.32. The fraction of sp³-hybridized carbons (Fsp3) is 0.625. The number of hydrogen-bond acceptors (Lipinski definition) is 4. The van der Waals surface area contributed by atoms with Gasteiger partial charge in [0.25, 0.3) is 16.1 Å². The first-order chi connectivity index (χ1) is 12.0. The predicted octanol–water partition coefficient (Wildman–Crippen LogP) is 1.62. The van der Waals surface area contributed by atoms with Crippen LogP contribution in [0.15, 0.2) is 18.3 Å². The van der Waals surface area contributed by atoms with Crippen LogP contribution in [0.1, 0.15) is 36.0 Å². The van der Waals surface area contributed by atoms with Crippen molar-refractivity contribution in [3.05, 3.63) is 28.5 Å². The second kappa shape index (κ2) is 7.94. The van der Waals surface area contributed by atoms with Crippen LogP contribution >= 0.6 is 12.2 Å². The molecule has 7 nitrogen and oxygen atoms in total. The molecule has 0 saturated carbocycles. The molecule has 1 aromatic heterocycles. The summed E-state index contributed by atoms with van der Waals surface area (Å²) in [6, 6.07) is 3.44. The maximum Gasteiger partial charge on any atom is 0.282 e. The predicted molar refractivity (Wildman–Crippen MR) is 98.1 cm³/mol. The molecule has 9 heteroatoms. The van der Waals surface area contributed by atoms with E-state index in [-0.39, 0.29) is 5.91 Å². The van der Waals surface area contributed by atoms with Crippen molar-refractivity contribution in [2.75, 3.05) is 39.3 Å². The number of amides is 1. The minimum Gasteiger partial charge on any atom is -0.352 e. The molecule has 0 atom stereocenters. The standard InChI is InChI=1S/C16H24N4O3S2/c21-16(14-6-5-7-17-15(14)24)18-10-12-20(13-11-18)25(22,23)19-8-3-1-2-4-9-19/h5-7H,1-4,8-13H2,(H,17,24). The highest BCUT2D eigenvalue weighted by molar-refractivity contribution is 7.86. The number of aromatic nitrogens is 1. The van der Waals surface area contributed by atoms with E-state index >= 15 is 0 Å². The van der Waals surface area contributed by atoms with Crippen LogP contribution in [0.2, 0.25) is 0 Å². The molecule has 1 aromatic rings. The third kappa shape index (κ3) is 4.11. The van der Waals surface area contributed by atoms with Crippen molar-refractivity contribution in [2.45, 2.75) is 25.7 Å². The summed E-state index contributed by atoms with van der Waals surface area (Å²) in [4.78, 5) is 17.1. The second-order valence-corrected chi connectivity index (χ2v) is 8.76. The van der Waals surface area contributed by atoms with Gasteiger partial charge in [-0.2, -0.15) is 17.0 Å². The summed E-state index contributed by atoms with van der Waals surface area (Å²) in [5.74, 6) is -0.145. The zero-order valence-corrected chi connectivity index (χ0v) is 15.8. The van der Waals surface area contributed by atoms with Gasteiger partial charge in [0.05, 0.1) is 5.56 Å². The van der Waals surface area contributed by atoms with Gasteiger partial charge in [-0.05, 0) is 25.0 Å². The van der Waals surface area contributed by atoms with Gasteiger partial charge in [-0.15, -0.1) is 0 Å². The van der Waals surface area contributed by atoms with E-state index in [1.807, 2.05) is 0 Å². The van der Waals surface area contributed by atoms with Crippen LogP contribution < -0.4 is 0 Å². The lowest BCUT2D eigenvalue weighted by atomic mass is 10.2. The molecular weight excluding hydrogens is 360 g/mol. The smallest absolute Gasteiger partial charge is 0.282 e. The Kier molecular flexibility index (Phi) is 5.88. The Morgan fingerprint density at radius 1 is 0.960 bits per heavy atom. The highest BCUT2D eigenvalue weighted by Gasteiger charge is 2.33. The maximum absolute atomic E-state index is 12.8. The molecule has 2 aliphatic heterocycles. The lowest BCUT2D eigenvalue weighted by molar-refractivity contribution is 0.0693. The zero-order valence-electron chi connectivity index (χ0n) is 14.2. The zero-order chi connectivity index (χ0) is 17.9. The van der Waals surface area contributed by atoms with E-state index in [1.54, 1.807) is 27.5 Å². The Labute approximate surface area is 153 Å². The van der Waals surface area contributed by atoms with E-state index in [0.717, 1.165) is 25.7 Å². The normalized spacial score (nSPS) is 21.0. The minimum atomic E-state index is -3.43. The first-order valence-corrected chi connectivity index (χ1v) is 10.5. The average Bonchev–Trinajstić information content (AvgIpc) is 2.92. The third-order valence-corrected chi connectivity index (χ3v) is 7.17. The lowest BCUT2D eigenvalue weighted by Crippen LogP contribution is -2.54. The van der Waals surface area contributed by atoms with Crippen molar-refractivity contribution in [2.24, 2.45) is 0 Å². The van der Waals surface area contributed by atoms with Crippen molar-refractivity contribution in [1.29, 1.82) is 0 Å². The molecular formula is C16H24N4O3S2. The maximum atomic E-state index is 12.8. The number of H-pyrrole nitrogens is 1. The molecule has 25 heavy (non-hydrogen) atoms. The van der Waals surface area contributed by atoms with Crippen LogP contribution in [0.3, 0.4) is 0 Å². The van der Waals surface area contributed by atoms with Gasteiger partial charge >= 0.3 is 0 Å². The first-order valence-electron chi connectivity index (χ1n) is 8.72. The van der Waals surface area contributed by atoms with Crippen LogP contribution in [0, 0.1) is 4.64 Å². The molecule has 0 aliphatic carbocycles. The summed E-state index contributed by atoms with van der Waals surface area (Å²) in [7, 11) is -3.43. The molecule has 0 spiro atoms. The summed E-state index contributed by atoms with van der Waals surface area (Å²) < 4.78 is 29.2. The Bertz CT molecular complexity index is 762. The van der Waals surface area contributed by atoms with Crippen LogP contribution in [-0.4, -0.2) is 72.1 Å². The van der Waals surface area contributed by atoms with Gasteiger partial charge in [0.15, 0.2) is 0 Å². The Hall–Kier alpha value is -1.29. The van der Waals surface area contributed by atoms with Gasteiger partial charge in [-0.3, -0.25) is 4.79 Å². The number of nitrogens with zero attached hydrogens (tertiary/aromatic N) is 3. The quantitative estimate of drug-likeness (QED) is 0.804. The number of aromatic amines is 1. The lowest BCUT2D eigenvalue weighted by Gasteiger charge is -2.36. The van der Waals surface area contributed by atoms with Crippen molar-refractivity contribution in [1.82, 2.24) is 18.5 Å². The molecule has 3 rings (SSSR count). The van der Waals surface area contributed by atoms with Crippen LogP contribution in [-0.2, 0) is 10.2 Å². The highest BCUT2D eigenvalue weighted by Crippen LogP contribution is 2.18. The van der Waals surface area contributed by atoms with E-state index in [9.17, 15) is 13.2 Å². The van der Waals surface area contributed by atoms with Gasteiger partial charge in [0.1, 0.15) is 4.64 Å². The molecule has 2 aliphatic rings. The Morgan fingerprint density at radius 2 is 1.56 bits per heavy atom. The number of carbonyl (C=O) groups is 1. The van der Waals surface area contributed by atoms with E-state index in [4.69, 9.17) is 12.2 Å². The monoisotopic (exact) mass is 384 g/mol. The number of pyridine rings is 1. The van der Waals surface area contributed by atoms with E-state index in [2.05, 4.69) is 4.98 Å². The number of piperazine rings is 1. The largest absolute Gasteiger partial charge is 0.352 e. The van der Waals surface area contributed by atoms with Crippen LogP contribution in [0.25, 0.3) is 0 Å². The van der Waals surface area contributed by atoms with E-state index in [1.165, 1.54) is 4.31 Å². The molecule has 1 amide bonds. The molecule has 0 radical (unpaired) electrons. The summed E-state index contributed by atoms with van der Waals surface area (Å²) in [5.41, 5.74) is 0.460. The van der Waals surface area contributed by atoms with Crippen molar-refractivity contribution < 1.29 is 13.2 Å². The molecule has 0 aromatic carbocycles. The second-order valence-electron chi connectivity index (χ2n) is 6.43. The fourth-order valence-corrected chi connectivity index (χ4v) is 5.21. The van der Waals surface area contributed by atoms with Crippen molar-refractivity contribution >= 4 is 28.3 Å². The number of carbonyl (C=O) groups excluding carboxylic acids is 1. The molecule has 3 heterocycles. The summed E-state index contributed by atoms with van der Waals surface area (Å²) in [6.07, 6.45) is 5.70. The Balaban J connectivity index is 1.64. The van der Waals surface area contributed by atoms with Gasteiger partial charge in [-0.25, -0.2) is 0 Å². The van der Waals surface area contributed by atoms with Crippen LogP contribution in [0.4, 0.5) is 0 Å². The van der Waals surface area contributed by atoms with E-state index in [0.29, 0.717) is 49.5 Å². The highest BCUT2D eigenvalue weighted by atomic mass is 32.2. The average molecular weight is 385 g/mol. The van der Waals surface area contributed by atoms with Crippen molar-refractivity contribution in [3.8, 4) is 0 Å². The van der Waals surface area contributed by atoms with Crippen molar-refractivity contribution in [3.63, 3.8) is 0 Å². The van der Waals surface area contributed by atoms with Gasteiger partial charge in [0.2, 0.25) is 0 Å². The molecule has 138 valence electrons. The summed E-state index contributed by atoms with van der Waals surface area (Å²) in [6.45, 7) is 2.62. The minimum absolute atomic E-state index is 0.145. The first kappa shape index (κ1) is 18.5. The number of hydrogen-bond donors (Lipinski definition) is 1. The topological polar surface area (TPSA) is 76.7 Å². The van der Waals surface area contributed by atoms with Gasteiger partial charge < -0.3 is 9.88 Å². The third-order valence-electron chi connectivity index (χ3n) is 4.79. The number of nitrogens with one attached hydrogen (secondary N) is 1. The van der Waals surface area contributed by atoms with Gasteiger partial charge in [-0.1, -0.05) is 25.1 Å².